The summed E-state index contributed by atoms with van der Waals surface area (Å²) >= 11 is 7.79. The topological polar surface area (TPSA) is 33.6 Å². The highest BCUT2D eigenvalue weighted by Crippen LogP contribution is 2.34. The molecule has 0 saturated heterocycles. The van der Waals surface area contributed by atoms with E-state index in [1.165, 1.54) is 0 Å². The van der Waals surface area contributed by atoms with Crippen molar-refractivity contribution in [3.8, 4) is 5.75 Å². The first-order valence-electron chi connectivity index (χ1n) is 6.45. The molecule has 1 heterocycles. The number of nitrogens with zero attached hydrogens (tertiary/aromatic N) is 1. The predicted molar refractivity (Wildman–Crippen MR) is 84.8 cm³/mol. The van der Waals surface area contributed by atoms with E-state index in [-0.39, 0.29) is 5.54 Å². The summed E-state index contributed by atoms with van der Waals surface area (Å²) < 4.78 is 5.21. The Morgan fingerprint density at radius 2 is 2.16 bits per heavy atom. The van der Waals surface area contributed by atoms with Crippen LogP contribution in [-0.2, 0) is 0 Å². The zero-order chi connectivity index (χ0) is 13.9. The maximum atomic E-state index is 6.01. The van der Waals surface area contributed by atoms with Gasteiger partial charge in [-0.1, -0.05) is 37.2 Å². The normalized spacial score (nSPS) is 17.2. The molecule has 19 heavy (non-hydrogen) atoms. The van der Waals surface area contributed by atoms with E-state index < -0.39 is 0 Å². The number of hydrogen-bond acceptors (Lipinski definition) is 4. The standard InChI is InChI=1S/C14H19ClN2OS/c1-4-14(5-2)9-19-13(17-14)16-10-6-7-11(15)12(8-10)18-3/h6-8H,4-5,9H2,1-3H3,(H,16,17). The van der Waals surface area contributed by atoms with Gasteiger partial charge in [0.2, 0.25) is 0 Å². The molecule has 1 N–H and O–H groups in total. The Hall–Kier alpha value is -0.870. The maximum Gasteiger partial charge on any atom is 0.161 e. The van der Waals surface area contributed by atoms with Gasteiger partial charge in [0.15, 0.2) is 5.17 Å². The van der Waals surface area contributed by atoms with Gasteiger partial charge < -0.3 is 10.1 Å². The zero-order valence-electron chi connectivity index (χ0n) is 11.5. The van der Waals surface area contributed by atoms with Crippen molar-refractivity contribution in [2.45, 2.75) is 32.2 Å². The SMILES string of the molecule is CCC1(CC)CSC(Nc2ccc(Cl)c(OC)c2)=N1. The Kier molecular flexibility index (Phi) is 4.63. The number of benzene rings is 1. The molecule has 0 aliphatic carbocycles. The second kappa shape index (κ2) is 6.06. The number of amidine groups is 1. The van der Waals surface area contributed by atoms with Gasteiger partial charge in [-0.05, 0) is 25.0 Å². The largest absolute Gasteiger partial charge is 0.495 e. The molecule has 1 aliphatic rings. The number of nitrogens with one attached hydrogen (secondary N) is 1. The molecule has 1 aromatic rings. The fourth-order valence-electron chi connectivity index (χ4n) is 2.02. The molecular weight excluding hydrogens is 280 g/mol. The molecule has 0 aromatic heterocycles. The summed E-state index contributed by atoms with van der Waals surface area (Å²) in [5.41, 5.74) is 1.05. The number of hydrogen-bond donors (Lipinski definition) is 1. The van der Waals surface area contributed by atoms with Crippen LogP contribution in [0.5, 0.6) is 5.75 Å². The molecule has 0 atom stereocenters. The Bertz CT molecular complexity index is 486. The van der Waals surface area contributed by atoms with Gasteiger partial charge in [-0.25, -0.2) is 0 Å². The molecule has 2 rings (SSSR count). The molecule has 5 heteroatoms. The minimum atomic E-state index is 0.101. The number of anilines is 1. The highest BCUT2D eigenvalue weighted by Gasteiger charge is 2.32. The summed E-state index contributed by atoms with van der Waals surface area (Å²) in [7, 11) is 1.62. The summed E-state index contributed by atoms with van der Waals surface area (Å²) in [6.07, 6.45) is 2.15. The summed E-state index contributed by atoms with van der Waals surface area (Å²) in [4.78, 5) is 4.82. The van der Waals surface area contributed by atoms with E-state index >= 15 is 0 Å². The average Bonchev–Trinajstić information content (AvgIpc) is 2.85. The van der Waals surface area contributed by atoms with Crippen LogP contribution >= 0.6 is 23.4 Å². The molecule has 104 valence electrons. The van der Waals surface area contributed by atoms with Crippen molar-refractivity contribution >= 4 is 34.2 Å². The van der Waals surface area contributed by atoms with Crippen LogP contribution in [-0.4, -0.2) is 23.6 Å². The second-order valence-electron chi connectivity index (χ2n) is 4.61. The first kappa shape index (κ1) is 14.5. The molecule has 0 bridgehead atoms. The van der Waals surface area contributed by atoms with Crippen LogP contribution in [0.15, 0.2) is 23.2 Å². The van der Waals surface area contributed by atoms with Gasteiger partial charge in [0, 0.05) is 17.5 Å². The van der Waals surface area contributed by atoms with Crippen molar-refractivity contribution in [1.82, 2.24) is 0 Å². The monoisotopic (exact) mass is 298 g/mol. The molecule has 3 nitrogen and oxygen atoms in total. The number of aliphatic imine (C=N–C) groups is 1. The van der Waals surface area contributed by atoms with Crippen LogP contribution in [0, 0.1) is 0 Å². The second-order valence-corrected chi connectivity index (χ2v) is 5.98. The van der Waals surface area contributed by atoms with Crippen molar-refractivity contribution in [2.24, 2.45) is 4.99 Å². The number of thioether (sulfide) groups is 1. The zero-order valence-corrected chi connectivity index (χ0v) is 13.1. The van der Waals surface area contributed by atoms with Gasteiger partial charge in [-0.15, -0.1) is 0 Å². The Morgan fingerprint density at radius 3 is 2.74 bits per heavy atom. The predicted octanol–water partition coefficient (Wildman–Crippen LogP) is 4.42. The fraction of sp³-hybridized carbons (Fsp3) is 0.500. The molecule has 0 saturated carbocycles. The first-order chi connectivity index (χ1) is 9.12. The summed E-state index contributed by atoms with van der Waals surface area (Å²) in [6, 6.07) is 5.66. The van der Waals surface area contributed by atoms with Crippen molar-refractivity contribution in [3.63, 3.8) is 0 Å². The number of rotatable bonds is 4. The highest BCUT2D eigenvalue weighted by molar-refractivity contribution is 8.14. The number of halogens is 1. The van der Waals surface area contributed by atoms with Crippen LogP contribution in [0.1, 0.15) is 26.7 Å². The molecule has 0 radical (unpaired) electrons. The molecule has 0 spiro atoms. The van der Waals surface area contributed by atoms with Gasteiger partial charge in [0.05, 0.1) is 17.7 Å². The Labute approximate surface area is 123 Å². The van der Waals surface area contributed by atoms with E-state index in [1.54, 1.807) is 18.9 Å². The minimum absolute atomic E-state index is 0.101. The van der Waals surface area contributed by atoms with Gasteiger partial charge in [0.25, 0.3) is 0 Å². The van der Waals surface area contributed by atoms with E-state index in [0.717, 1.165) is 29.4 Å². The van der Waals surface area contributed by atoms with E-state index in [9.17, 15) is 0 Å². The van der Waals surface area contributed by atoms with Gasteiger partial charge in [0.1, 0.15) is 5.75 Å². The molecule has 0 amide bonds. The van der Waals surface area contributed by atoms with Crippen molar-refractivity contribution < 1.29 is 4.74 Å². The Morgan fingerprint density at radius 1 is 1.42 bits per heavy atom. The Balaban J connectivity index is 2.14. The lowest BCUT2D eigenvalue weighted by Gasteiger charge is -2.20. The van der Waals surface area contributed by atoms with Crippen LogP contribution in [0.2, 0.25) is 5.02 Å². The van der Waals surface area contributed by atoms with Gasteiger partial charge in [-0.3, -0.25) is 4.99 Å². The molecule has 1 aromatic carbocycles. The summed E-state index contributed by atoms with van der Waals surface area (Å²) in [5.74, 6) is 1.72. The van der Waals surface area contributed by atoms with Crippen molar-refractivity contribution in [1.29, 1.82) is 0 Å². The average molecular weight is 299 g/mol. The lowest BCUT2D eigenvalue weighted by molar-refractivity contribution is 0.415. The van der Waals surface area contributed by atoms with E-state index in [1.807, 2.05) is 18.2 Å². The van der Waals surface area contributed by atoms with Crippen LogP contribution in [0.25, 0.3) is 0 Å². The number of methoxy groups -OCH3 is 1. The lowest BCUT2D eigenvalue weighted by Crippen LogP contribution is -2.24. The first-order valence-corrected chi connectivity index (χ1v) is 7.82. The molecular formula is C14H19ClN2OS. The van der Waals surface area contributed by atoms with E-state index in [0.29, 0.717) is 10.8 Å². The lowest BCUT2D eigenvalue weighted by atomic mass is 9.97. The van der Waals surface area contributed by atoms with E-state index in [2.05, 4.69) is 19.2 Å². The molecule has 0 unspecified atom stereocenters. The summed E-state index contributed by atoms with van der Waals surface area (Å²) in [6.45, 7) is 4.39. The quantitative estimate of drug-likeness (QED) is 0.893. The van der Waals surface area contributed by atoms with Gasteiger partial charge in [-0.2, -0.15) is 0 Å². The van der Waals surface area contributed by atoms with Crippen LogP contribution in [0.3, 0.4) is 0 Å². The third kappa shape index (κ3) is 3.18. The fourth-order valence-corrected chi connectivity index (χ4v) is 3.54. The van der Waals surface area contributed by atoms with Crippen LogP contribution < -0.4 is 10.1 Å². The molecule has 1 aliphatic heterocycles. The minimum Gasteiger partial charge on any atom is -0.495 e. The van der Waals surface area contributed by atoms with Crippen molar-refractivity contribution in [3.05, 3.63) is 23.2 Å². The maximum absolute atomic E-state index is 6.01. The van der Waals surface area contributed by atoms with Crippen molar-refractivity contribution in [2.75, 3.05) is 18.2 Å². The number of ether oxygens (including phenoxy) is 1. The summed E-state index contributed by atoms with van der Waals surface area (Å²) in [5, 5.41) is 4.94. The van der Waals surface area contributed by atoms with E-state index in [4.69, 9.17) is 21.3 Å². The molecule has 0 fully saturated rings. The third-order valence-electron chi connectivity index (χ3n) is 3.53. The highest BCUT2D eigenvalue weighted by atomic mass is 35.5. The third-order valence-corrected chi connectivity index (χ3v) is 5.00. The smallest absolute Gasteiger partial charge is 0.161 e. The van der Waals surface area contributed by atoms with Crippen LogP contribution in [0.4, 0.5) is 5.69 Å². The van der Waals surface area contributed by atoms with Gasteiger partial charge >= 0.3 is 0 Å².